The Morgan fingerprint density at radius 1 is 0.692 bits per heavy atom. The van der Waals surface area contributed by atoms with E-state index in [0.29, 0.717) is 6.04 Å². The quantitative estimate of drug-likeness (QED) is 0.652. The summed E-state index contributed by atoms with van der Waals surface area (Å²) in [5.74, 6) is 0. The highest BCUT2D eigenvalue weighted by molar-refractivity contribution is 7.95. The van der Waals surface area contributed by atoms with Crippen LogP contribution in [-0.2, 0) is 0 Å². The van der Waals surface area contributed by atoms with Crippen molar-refractivity contribution >= 4 is 23.2 Å². The molecule has 1 fully saturated rings. The van der Waals surface area contributed by atoms with Crippen molar-refractivity contribution in [2.24, 2.45) is 0 Å². The van der Waals surface area contributed by atoms with Crippen molar-refractivity contribution in [1.82, 2.24) is 5.32 Å². The minimum absolute atomic E-state index is 0.672. The molecule has 0 spiro atoms. The summed E-state index contributed by atoms with van der Waals surface area (Å²) in [6, 6.07) is 34.3. The summed E-state index contributed by atoms with van der Waals surface area (Å²) in [6.45, 7) is 1.18. The Labute approximate surface area is 157 Å². The van der Waals surface area contributed by atoms with Gasteiger partial charge in [0.15, 0.2) is 0 Å². The van der Waals surface area contributed by atoms with E-state index in [1.165, 1.54) is 47.9 Å². The normalized spacial score (nSPS) is 17.3. The van der Waals surface area contributed by atoms with Gasteiger partial charge in [-0.15, -0.1) is 0 Å². The summed E-state index contributed by atoms with van der Waals surface area (Å²) in [6.07, 6.45) is 5.10. The van der Waals surface area contributed by atoms with Crippen molar-refractivity contribution in [2.75, 3.05) is 12.7 Å². The van der Waals surface area contributed by atoms with Gasteiger partial charge < -0.3 is 5.32 Å². The number of hydrogen-bond donors (Lipinski definition) is 1. The lowest BCUT2D eigenvalue weighted by atomic mass is 10.2. The summed E-state index contributed by atoms with van der Waals surface area (Å²) in [4.78, 5) is 0. The predicted molar refractivity (Wildman–Crippen MR) is 116 cm³/mol. The second kappa shape index (κ2) is 8.16. The highest BCUT2D eigenvalue weighted by Crippen LogP contribution is 2.56. The van der Waals surface area contributed by atoms with Crippen molar-refractivity contribution in [2.45, 2.75) is 25.3 Å². The number of hydrogen-bond acceptors (Lipinski definition) is 1. The van der Waals surface area contributed by atoms with Gasteiger partial charge in [-0.05, 0) is 62.2 Å². The van der Waals surface area contributed by atoms with Crippen molar-refractivity contribution < 1.29 is 0 Å². The van der Waals surface area contributed by atoms with Crippen LogP contribution in [0.5, 0.6) is 0 Å². The van der Waals surface area contributed by atoms with E-state index in [-0.39, 0.29) is 0 Å². The topological polar surface area (TPSA) is 12.0 Å². The van der Waals surface area contributed by atoms with Crippen LogP contribution in [0.25, 0.3) is 0 Å². The largest absolute Gasteiger partial charge is 0.314 e. The number of rotatable bonds is 6. The zero-order valence-electron chi connectivity index (χ0n) is 15.2. The Bertz CT molecular complexity index is 699. The molecule has 1 heterocycles. The molecule has 1 nitrogen and oxygen atoms in total. The van der Waals surface area contributed by atoms with Gasteiger partial charge in [0.2, 0.25) is 0 Å². The molecule has 4 rings (SSSR count). The second-order valence-corrected chi connectivity index (χ2v) is 10.7. The second-order valence-electron chi connectivity index (χ2n) is 7.12. The minimum atomic E-state index is -1.65. The molecule has 0 bridgehead atoms. The van der Waals surface area contributed by atoms with Crippen molar-refractivity contribution in [3.63, 3.8) is 0 Å². The summed E-state index contributed by atoms with van der Waals surface area (Å²) in [5.41, 5.74) is 0. The summed E-state index contributed by atoms with van der Waals surface area (Å²) >= 11 is 0. The molecule has 0 amide bonds. The van der Waals surface area contributed by atoms with Crippen LogP contribution in [0.1, 0.15) is 19.3 Å². The first-order chi connectivity index (χ1) is 12.9. The molecular weight excluding hydrogens is 333 g/mol. The van der Waals surface area contributed by atoms with Crippen molar-refractivity contribution in [3.05, 3.63) is 91.0 Å². The lowest BCUT2D eigenvalue weighted by Crippen LogP contribution is -2.35. The van der Waals surface area contributed by atoms with Crippen LogP contribution in [0.4, 0.5) is 0 Å². The first-order valence-electron chi connectivity index (χ1n) is 9.68. The third kappa shape index (κ3) is 3.47. The van der Waals surface area contributed by atoms with E-state index < -0.39 is 7.26 Å². The Balaban J connectivity index is 1.84. The molecule has 3 aromatic carbocycles. The van der Waals surface area contributed by atoms with E-state index in [2.05, 4.69) is 96.3 Å². The fourth-order valence-corrected chi connectivity index (χ4v) is 8.65. The molecule has 132 valence electrons. The van der Waals surface area contributed by atoms with E-state index in [0.717, 1.165) is 0 Å². The molecule has 0 radical (unpaired) electrons. The van der Waals surface area contributed by atoms with Crippen LogP contribution in [0.3, 0.4) is 0 Å². The summed E-state index contributed by atoms with van der Waals surface area (Å²) in [7, 11) is -1.65. The number of nitrogens with one attached hydrogen (secondary N) is 1. The first-order valence-corrected chi connectivity index (χ1v) is 11.7. The average molecular weight is 360 g/mol. The van der Waals surface area contributed by atoms with Crippen LogP contribution in [-0.4, -0.2) is 18.7 Å². The van der Waals surface area contributed by atoms with Crippen LogP contribution < -0.4 is 21.2 Å². The summed E-state index contributed by atoms with van der Waals surface area (Å²) < 4.78 is 0. The Hall–Kier alpha value is -1.95. The fourth-order valence-electron chi connectivity index (χ4n) is 4.23. The molecule has 26 heavy (non-hydrogen) atoms. The van der Waals surface area contributed by atoms with E-state index in [1.54, 1.807) is 0 Å². The maximum atomic E-state index is 3.70. The van der Waals surface area contributed by atoms with Gasteiger partial charge in [0, 0.05) is 6.04 Å². The standard InChI is InChI=1S/C24H27NP/c1-4-12-22(13-5-1)26(23-14-6-2-7-15-23,24-16-8-3-9-17-24)20-18-21-11-10-19-25-21/h1-9,12-17,21,25H,10-11,18-20H2/q+1. The van der Waals surface area contributed by atoms with Crippen molar-refractivity contribution in [1.29, 1.82) is 0 Å². The highest BCUT2D eigenvalue weighted by Gasteiger charge is 2.45. The third-order valence-corrected chi connectivity index (χ3v) is 10.0. The molecule has 1 aliphatic heterocycles. The third-order valence-electron chi connectivity index (χ3n) is 5.57. The predicted octanol–water partition coefficient (Wildman–Crippen LogP) is 4.12. The van der Waals surface area contributed by atoms with E-state index in [4.69, 9.17) is 0 Å². The van der Waals surface area contributed by atoms with Gasteiger partial charge in [0.05, 0.1) is 6.16 Å². The van der Waals surface area contributed by atoms with Gasteiger partial charge in [0.1, 0.15) is 23.2 Å². The maximum Gasteiger partial charge on any atom is 0.112 e. The molecule has 1 atom stereocenters. The molecular formula is C24H27NP+. The van der Waals surface area contributed by atoms with Gasteiger partial charge in [-0.2, -0.15) is 0 Å². The first kappa shape index (κ1) is 17.5. The highest BCUT2D eigenvalue weighted by atomic mass is 31.2. The fraction of sp³-hybridized carbons (Fsp3) is 0.250. The van der Waals surface area contributed by atoms with Gasteiger partial charge in [-0.25, -0.2) is 0 Å². The van der Waals surface area contributed by atoms with Gasteiger partial charge in [-0.1, -0.05) is 54.6 Å². The minimum Gasteiger partial charge on any atom is -0.314 e. The van der Waals surface area contributed by atoms with E-state index >= 15 is 0 Å². The SMILES string of the molecule is c1ccc([P+](CCC2CCCN2)(c2ccccc2)c2ccccc2)cc1. The maximum absolute atomic E-state index is 3.70. The van der Waals surface area contributed by atoms with E-state index in [1.807, 2.05) is 0 Å². The zero-order chi connectivity index (χ0) is 17.7. The molecule has 3 aromatic rings. The average Bonchev–Trinajstić information content (AvgIpc) is 3.25. The smallest absolute Gasteiger partial charge is 0.112 e. The molecule has 0 saturated carbocycles. The Morgan fingerprint density at radius 2 is 1.15 bits per heavy atom. The molecule has 1 unspecified atom stereocenters. The molecule has 1 aliphatic rings. The zero-order valence-corrected chi connectivity index (χ0v) is 16.1. The molecule has 0 aliphatic carbocycles. The Kier molecular flexibility index (Phi) is 5.48. The summed E-state index contributed by atoms with van der Waals surface area (Å²) in [5, 5.41) is 8.19. The molecule has 1 saturated heterocycles. The van der Waals surface area contributed by atoms with Crippen LogP contribution in [0, 0.1) is 0 Å². The lowest BCUT2D eigenvalue weighted by molar-refractivity contribution is 0.590. The van der Waals surface area contributed by atoms with Gasteiger partial charge in [0.25, 0.3) is 0 Å². The van der Waals surface area contributed by atoms with Crippen molar-refractivity contribution in [3.8, 4) is 0 Å². The van der Waals surface area contributed by atoms with Crippen LogP contribution >= 0.6 is 7.26 Å². The van der Waals surface area contributed by atoms with Gasteiger partial charge in [-0.3, -0.25) is 0 Å². The van der Waals surface area contributed by atoms with E-state index in [9.17, 15) is 0 Å². The number of benzene rings is 3. The monoisotopic (exact) mass is 360 g/mol. The molecule has 2 heteroatoms. The Morgan fingerprint density at radius 3 is 1.54 bits per heavy atom. The molecule has 1 N–H and O–H groups in total. The van der Waals surface area contributed by atoms with Gasteiger partial charge >= 0.3 is 0 Å². The lowest BCUT2D eigenvalue weighted by Gasteiger charge is -2.28. The molecule has 0 aromatic heterocycles. The van der Waals surface area contributed by atoms with Crippen LogP contribution in [0.15, 0.2) is 91.0 Å². The van der Waals surface area contributed by atoms with Crippen LogP contribution in [0.2, 0.25) is 0 Å².